The minimum absolute atomic E-state index is 0. The molecule has 3 aromatic rings. The van der Waals surface area contributed by atoms with Gasteiger partial charge in [-0.1, -0.05) is 39.3 Å². The van der Waals surface area contributed by atoms with Gasteiger partial charge in [-0.15, -0.1) is 23.1 Å². The van der Waals surface area contributed by atoms with Crippen LogP contribution in [0.15, 0.2) is 86.7 Å². The lowest BCUT2D eigenvalue weighted by molar-refractivity contribution is 0.598. The average molecular weight is 604 g/mol. The highest BCUT2D eigenvalue weighted by molar-refractivity contribution is 9.10. The lowest BCUT2D eigenvalue weighted by Gasteiger charge is -2.12. The third kappa shape index (κ3) is 5.99. The number of nitrogen functional groups attached to an aromatic ring is 1. The highest BCUT2D eigenvalue weighted by atomic mass is 79.9. The van der Waals surface area contributed by atoms with Crippen LogP contribution in [0.5, 0.6) is 0 Å². The monoisotopic (exact) mass is 602 g/mol. The van der Waals surface area contributed by atoms with Crippen molar-refractivity contribution >= 4 is 76.3 Å². The largest absolute Gasteiger partial charge is 0.383 e. The molecule has 0 saturated heterocycles. The molecule has 3 rings (SSSR count). The second kappa shape index (κ2) is 10.9. The van der Waals surface area contributed by atoms with E-state index in [9.17, 15) is 12.6 Å². The third-order valence-electron chi connectivity index (χ3n) is 4.11. The van der Waals surface area contributed by atoms with Crippen LogP contribution in [0, 0.1) is 5.41 Å². The molecule has 1 aromatic heterocycles. The van der Waals surface area contributed by atoms with E-state index in [0.717, 1.165) is 11.3 Å². The Balaban J connectivity index is 0.00000408. The molecule has 1 heterocycles. The number of thioether (sulfide) groups is 1. The van der Waals surface area contributed by atoms with E-state index >= 15 is 0 Å². The summed E-state index contributed by atoms with van der Waals surface area (Å²) in [5, 5.41) is 7.75. The number of hydrogen-bond acceptors (Lipinski definition) is 7. The van der Waals surface area contributed by atoms with Gasteiger partial charge in [-0.05, 0) is 48.7 Å². The SMILES string of the molecule is C.CSc1sc(C(=N)N)cc1S(=O)(=NS(=O)(=O)c1cccc(N=C(N)N)c1)c1cccc(Br)c1. The van der Waals surface area contributed by atoms with E-state index in [1.807, 2.05) is 0 Å². The molecule has 0 amide bonds. The van der Waals surface area contributed by atoms with Gasteiger partial charge in [0.25, 0.3) is 10.0 Å². The average Bonchev–Trinajstić information content (AvgIpc) is 3.19. The van der Waals surface area contributed by atoms with E-state index in [2.05, 4.69) is 24.7 Å². The van der Waals surface area contributed by atoms with Crippen molar-refractivity contribution in [3.63, 3.8) is 0 Å². The van der Waals surface area contributed by atoms with Gasteiger partial charge in [-0.2, -0.15) is 8.42 Å². The second-order valence-electron chi connectivity index (χ2n) is 6.45. The van der Waals surface area contributed by atoms with Gasteiger partial charge in [-0.25, -0.2) is 9.20 Å². The lowest BCUT2D eigenvalue weighted by Crippen LogP contribution is -2.21. The zero-order valence-electron chi connectivity index (χ0n) is 17.1. The van der Waals surface area contributed by atoms with Crippen molar-refractivity contribution < 1.29 is 12.6 Å². The number of guanidine groups is 1. The van der Waals surface area contributed by atoms with Crippen molar-refractivity contribution in [2.45, 2.75) is 26.3 Å². The van der Waals surface area contributed by atoms with E-state index in [0.29, 0.717) is 13.6 Å². The molecular weight excluding hydrogens is 580 g/mol. The Bertz CT molecular complexity index is 1490. The quantitative estimate of drug-likeness (QED) is 0.176. The predicted octanol–water partition coefficient (Wildman–Crippen LogP) is 4.33. The number of amidine groups is 1. The van der Waals surface area contributed by atoms with Crippen LogP contribution in [-0.4, -0.2) is 30.7 Å². The molecule has 0 bridgehead atoms. The lowest BCUT2D eigenvalue weighted by atomic mass is 10.3. The van der Waals surface area contributed by atoms with Crippen LogP contribution in [0.4, 0.5) is 5.69 Å². The summed E-state index contributed by atoms with van der Waals surface area (Å²) in [4.78, 5) is 4.35. The summed E-state index contributed by atoms with van der Waals surface area (Å²) < 4.78 is 46.2. The summed E-state index contributed by atoms with van der Waals surface area (Å²) in [6.07, 6.45) is 1.76. The van der Waals surface area contributed by atoms with Crippen LogP contribution in [0.1, 0.15) is 12.3 Å². The predicted molar refractivity (Wildman–Crippen MR) is 144 cm³/mol. The van der Waals surface area contributed by atoms with Gasteiger partial charge < -0.3 is 17.2 Å². The molecule has 182 valence electrons. The van der Waals surface area contributed by atoms with E-state index < -0.39 is 19.8 Å². The van der Waals surface area contributed by atoms with Gasteiger partial charge in [0.2, 0.25) is 0 Å². The molecule has 7 N–H and O–H groups in total. The Morgan fingerprint density at radius 3 is 2.26 bits per heavy atom. The maximum Gasteiger partial charge on any atom is 0.290 e. The van der Waals surface area contributed by atoms with Gasteiger partial charge in [0.1, 0.15) is 15.6 Å². The van der Waals surface area contributed by atoms with Crippen LogP contribution in [-0.2, 0) is 19.8 Å². The van der Waals surface area contributed by atoms with Gasteiger partial charge in [0, 0.05) is 4.47 Å². The molecule has 0 aliphatic carbocycles. The van der Waals surface area contributed by atoms with E-state index in [1.54, 1.807) is 24.5 Å². The number of sulfonamides is 1. The van der Waals surface area contributed by atoms with Crippen LogP contribution < -0.4 is 17.2 Å². The Morgan fingerprint density at radius 2 is 1.68 bits per heavy atom. The maximum absolute atomic E-state index is 14.5. The summed E-state index contributed by atoms with van der Waals surface area (Å²) in [7, 11) is -8.13. The van der Waals surface area contributed by atoms with Crippen molar-refractivity contribution in [1.29, 1.82) is 5.41 Å². The summed E-state index contributed by atoms with van der Waals surface area (Å²) in [5.74, 6) is -0.454. The highest BCUT2D eigenvalue weighted by Gasteiger charge is 2.28. The Morgan fingerprint density at radius 1 is 1.03 bits per heavy atom. The summed E-state index contributed by atoms with van der Waals surface area (Å²) >= 11 is 5.75. The molecule has 1 unspecified atom stereocenters. The number of nitrogens with two attached hydrogens (primary N) is 3. The minimum atomic E-state index is -4.43. The smallest absolute Gasteiger partial charge is 0.290 e. The molecule has 0 aliphatic heterocycles. The first-order chi connectivity index (χ1) is 15.5. The molecule has 2 aromatic carbocycles. The zero-order chi connectivity index (χ0) is 24.4. The number of thiophene rings is 1. The zero-order valence-corrected chi connectivity index (χ0v) is 21.9. The molecule has 0 aliphatic rings. The molecule has 0 spiro atoms. The number of hydrogen-bond donors (Lipinski definition) is 4. The van der Waals surface area contributed by atoms with Gasteiger partial charge in [0.15, 0.2) is 5.96 Å². The number of rotatable bonds is 7. The Kier molecular flexibility index (Phi) is 8.93. The molecule has 0 fully saturated rings. The molecule has 1 atom stereocenters. The topological polar surface area (TPSA) is 178 Å². The molecule has 9 nitrogen and oxygen atoms in total. The van der Waals surface area contributed by atoms with Crippen molar-refractivity contribution in [2.24, 2.45) is 26.0 Å². The minimum Gasteiger partial charge on any atom is -0.383 e. The van der Waals surface area contributed by atoms with Crippen molar-refractivity contribution in [3.05, 3.63) is 63.9 Å². The number of nitrogens with zero attached hydrogens (tertiary/aromatic N) is 2. The maximum atomic E-state index is 14.5. The van der Waals surface area contributed by atoms with Crippen molar-refractivity contribution in [2.75, 3.05) is 6.26 Å². The fraction of sp³-hybridized carbons (Fsp3) is 0.100. The fourth-order valence-electron chi connectivity index (χ4n) is 2.72. The fourth-order valence-corrected chi connectivity index (χ4v) is 9.85. The van der Waals surface area contributed by atoms with Crippen LogP contribution in [0.25, 0.3) is 0 Å². The third-order valence-corrected chi connectivity index (χ3v) is 11.4. The number of benzene rings is 2. The normalized spacial score (nSPS) is 12.8. The standard InChI is InChI=1S/C19H19BrN6O3S4.CH4/c1-30-18-16(10-15(31-18)17(21)22)32(27,13-6-2-4-11(20)8-13)26-33(28,29)14-7-3-5-12(9-14)25-19(23)24;/h2-10H,1H3,(H3,21,22)(H4,23,24,25);1H4. The Labute approximate surface area is 215 Å². The highest BCUT2D eigenvalue weighted by Crippen LogP contribution is 2.39. The Hall–Kier alpha value is -2.39. The number of nitrogens with one attached hydrogen (secondary N) is 1. The van der Waals surface area contributed by atoms with Gasteiger partial charge in [-0.3, -0.25) is 5.41 Å². The van der Waals surface area contributed by atoms with Gasteiger partial charge >= 0.3 is 0 Å². The first-order valence-electron chi connectivity index (χ1n) is 8.97. The van der Waals surface area contributed by atoms with Crippen LogP contribution >= 0.6 is 39.0 Å². The molecule has 0 saturated carbocycles. The van der Waals surface area contributed by atoms with E-state index in [-0.39, 0.29) is 39.6 Å². The molecular formula is C20H23BrN6O3S4. The second-order valence-corrected chi connectivity index (χ2v) is 13.5. The van der Waals surface area contributed by atoms with E-state index in [4.69, 9.17) is 22.6 Å². The van der Waals surface area contributed by atoms with Gasteiger partial charge in [0.05, 0.1) is 29.5 Å². The molecule has 0 radical (unpaired) electrons. The van der Waals surface area contributed by atoms with Crippen LogP contribution in [0.3, 0.4) is 0 Å². The summed E-state index contributed by atoms with van der Waals surface area (Å²) in [6.45, 7) is 0. The first-order valence-corrected chi connectivity index (χ1v) is 14.8. The number of halogens is 1. The first kappa shape index (κ1) is 27.9. The molecule has 14 heteroatoms. The summed E-state index contributed by atoms with van der Waals surface area (Å²) in [5.41, 5.74) is 16.6. The van der Waals surface area contributed by atoms with Crippen LogP contribution in [0.2, 0.25) is 0 Å². The summed E-state index contributed by atoms with van der Waals surface area (Å²) in [6, 6.07) is 13.4. The van der Waals surface area contributed by atoms with Crippen molar-refractivity contribution in [1.82, 2.24) is 0 Å². The van der Waals surface area contributed by atoms with E-state index in [1.165, 1.54) is 48.2 Å². The number of aliphatic imine (C=N–C) groups is 1. The van der Waals surface area contributed by atoms with Crippen molar-refractivity contribution in [3.8, 4) is 0 Å². The molecule has 34 heavy (non-hydrogen) atoms.